The van der Waals surface area contributed by atoms with Crippen molar-refractivity contribution in [3.05, 3.63) is 17.0 Å². The van der Waals surface area contributed by atoms with Gasteiger partial charge < -0.3 is 4.90 Å². The SMILES string of the molecule is CCN(c1ncnc(Cl)c1C=O)C(C)C. The minimum atomic E-state index is 0.203. The van der Waals surface area contributed by atoms with Crippen LogP contribution in [-0.2, 0) is 0 Å². The van der Waals surface area contributed by atoms with Gasteiger partial charge in [0.1, 0.15) is 17.3 Å². The first-order chi connectivity index (χ1) is 7.11. The van der Waals surface area contributed by atoms with Crippen molar-refractivity contribution in [3.63, 3.8) is 0 Å². The molecule has 0 fully saturated rings. The number of halogens is 1. The smallest absolute Gasteiger partial charge is 0.156 e. The Kier molecular flexibility index (Phi) is 4.03. The summed E-state index contributed by atoms with van der Waals surface area (Å²) in [5, 5.41) is 0.203. The molecule has 0 aliphatic rings. The highest BCUT2D eigenvalue weighted by molar-refractivity contribution is 6.32. The lowest BCUT2D eigenvalue weighted by atomic mass is 10.2. The van der Waals surface area contributed by atoms with E-state index >= 15 is 0 Å². The average Bonchev–Trinajstić information content (AvgIpc) is 2.18. The van der Waals surface area contributed by atoms with Crippen LogP contribution >= 0.6 is 11.6 Å². The molecule has 0 amide bonds. The van der Waals surface area contributed by atoms with Crippen LogP contribution in [0.25, 0.3) is 0 Å². The van der Waals surface area contributed by atoms with Crippen LogP contribution in [0.4, 0.5) is 5.82 Å². The van der Waals surface area contributed by atoms with Crippen LogP contribution in [0.1, 0.15) is 31.1 Å². The van der Waals surface area contributed by atoms with Crippen LogP contribution in [0.15, 0.2) is 6.33 Å². The maximum Gasteiger partial charge on any atom is 0.156 e. The summed E-state index contributed by atoms with van der Waals surface area (Å²) in [6.07, 6.45) is 2.07. The summed E-state index contributed by atoms with van der Waals surface area (Å²) >= 11 is 5.83. The fourth-order valence-corrected chi connectivity index (χ4v) is 1.63. The van der Waals surface area contributed by atoms with Crippen molar-refractivity contribution < 1.29 is 4.79 Å². The van der Waals surface area contributed by atoms with E-state index in [1.807, 2.05) is 25.7 Å². The van der Waals surface area contributed by atoms with Crippen LogP contribution < -0.4 is 4.90 Å². The Labute approximate surface area is 94.3 Å². The molecule has 15 heavy (non-hydrogen) atoms. The van der Waals surface area contributed by atoms with E-state index in [4.69, 9.17) is 11.6 Å². The van der Waals surface area contributed by atoms with Crippen LogP contribution in [0.2, 0.25) is 5.15 Å². The Morgan fingerprint density at radius 2 is 2.20 bits per heavy atom. The lowest BCUT2D eigenvalue weighted by molar-refractivity contribution is 0.112. The number of anilines is 1. The Hall–Kier alpha value is -1.16. The number of hydrogen-bond acceptors (Lipinski definition) is 4. The molecule has 0 bridgehead atoms. The third-order valence-corrected chi connectivity index (χ3v) is 2.47. The second-order valence-corrected chi connectivity index (χ2v) is 3.76. The summed E-state index contributed by atoms with van der Waals surface area (Å²) in [4.78, 5) is 20.8. The second kappa shape index (κ2) is 5.07. The lowest BCUT2D eigenvalue weighted by Gasteiger charge is -2.27. The Balaban J connectivity index is 3.22. The molecular formula is C10H14ClN3O. The summed E-state index contributed by atoms with van der Waals surface area (Å²) in [6.45, 7) is 6.85. The molecule has 4 nitrogen and oxygen atoms in total. The summed E-state index contributed by atoms with van der Waals surface area (Å²) in [5.41, 5.74) is 0.356. The topological polar surface area (TPSA) is 46.1 Å². The number of nitrogens with zero attached hydrogens (tertiary/aromatic N) is 3. The monoisotopic (exact) mass is 227 g/mol. The van der Waals surface area contributed by atoms with Gasteiger partial charge in [0, 0.05) is 12.6 Å². The quantitative estimate of drug-likeness (QED) is 0.584. The van der Waals surface area contributed by atoms with Crippen molar-refractivity contribution in [3.8, 4) is 0 Å². The van der Waals surface area contributed by atoms with Crippen LogP contribution in [-0.4, -0.2) is 28.8 Å². The van der Waals surface area contributed by atoms with Gasteiger partial charge in [-0.3, -0.25) is 4.79 Å². The van der Waals surface area contributed by atoms with Crippen LogP contribution in [0.3, 0.4) is 0 Å². The highest BCUT2D eigenvalue weighted by atomic mass is 35.5. The van der Waals surface area contributed by atoms with Gasteiger partial charge in [-0.25, -0.2) is 9.97 Å². The van der Waals surface area contributed by atoms with Gasteiger partial charge in [0.05, 0.1) is 5.56 Å². The summed E-state index contributed by atoms with van der Waals surface area (Å²) in [5.74, 6) is 0.600. The molecule has 0 spiro atoms. The lowest BCUT2D eigenvalue weighted by Crippen LogP contribution is -2.32. The first kappa shape index (κ1) is 11.9. The molecule has 1 aromatic rings. The zero-order valence-electron chi connectivity index (χ0n) is 9.07. The van der Waals surface area contributed by atoms with Gasteiger partial charge in [0.15, 0.2) is 6.29 Å². The van der Waals surface area contributed by atoms with Crippen LogP contribution in [0.5, 0.6) is 0 Å². The van der Waals surface area contributed by atoms with Gasteiger partial charge in [0.25, 0.3) is 0 Å². The number of aromatic nitrogens is 2. The maximum absolute atomic E-state index is 10.9. The molecule has 0 aliphatic heterocycles. The van der Waals surface area contributed by atoms with Gasteiger partial charge >= 0.3 is 0 Å². The zero-order valence-corrected chi connectivity index (χ0v) is 9.82. The van der Waals surface area contributed by atoms with E-state index in [1.165, 1.54) is 6.33 Å². The van der Waals surface area contributed by atoms with E-state index in [-0.39, 0.29) is 11.2 Å². The number of carbonyl (C=O) groups excluding carboxylic acids is 1. The van der Waals surface area contributed by atoms with Gasteiger partial charge in [-0.15, -0.1) is 0 Å². The fraction of sp³-hybridized carbons (Fsp3) is 0.500. The fourth-order valence-electron chi connectivity index (χ4n) is 1.46. The predicted octanol–water partition coefficient (Wildman–Crippen LogP) is 2.18. The van der Waals surface area contributed by atoms with Crippen molar-refractivity contribution in [2.75, 3.05) is 11.4 Å². The first-order valence-electron chi connectivity index (χ1n) is 4.84. The van der Waals surface area contributed by atoms with Crippen molar-refractivity contribution in [2.24, 2.45) is 0 Å². The van der Waals surface area contributed by atoms with E-state index in [0.29, 0.717) is 17.7 Å². The Bertz CT molecular complexity index is 355. The zero-order chi connectivity index (χ0) is 11.4. The largest absolute Gasteiger partial charge is 0.354 e. The number of carbonyl (C=O) groups is 1. The van der Waals surface area contributed by atoms with Crippen molar-refractivity contribution in [1.29, 1.82) is 0 Å². The minimum Gasteiger partial charge on any atom is -0.354 e. The third kappa shape index (κ3) is 2.45. The molecule has 0 aromatic carbocycles. The van der Waals surface area contributed by atoms with Gasteiger partial charge in [-0.05, 0) is 20.8 Å². The maximum atomic E-state index is 10.9. The molecule has 5 heteroatoms. The molecule has 0 atom stereocenters. The normalized spacial score (nSPS) is 10.5. The van der Waals surface area contributed by atoms with E-state index in [2.05, 4.69) is 9.97 Å². The Morgan fingerprint density at radius 3 is 2.67 bits per heavy atom. The molecule has 1 heterocycles. The van der Waals surface area contributed by atoms with Crippen molar-refractivity contribution >= 4 is 23.7 Å². The van der Waals surface area contributed by atoms with Crippen LogP contribution in [0, 0.1) is 0 Å². The molecule has 0 saturated carbocycles. The number of aldehydes is 1. The van der Waals surface area contributed by atoms with Crippen molar-refractivity contribution in [2.45, 2.75) is 26.8 Å². The number of hydrogen-bond donors (Lipinski definition) is 0. The summed E-state index contributed by atoms with van der Waals surface area (Å²) < 4.78 is 0. The Morgan fingerprint density at radius 1 is 1.53 bits per heavy atom. The van der Waals surface area contributed by atoms with E-state index < -0.39 is 0 Å². The van der Waals surface area contributed by atoms with E-state index in [9.17, 15) is 4.79 Å². The van der Waals surface area contributed by atoms with E-state index in [1.54, 1.807) is 0 Å². The molecule has 0 unspecified atom stereocenters. The molecular weight excluding hydrogens is 214 g/mol. The molecule has 0 N–H and O–H groups in total. The van der Waals surface area contributed by atoms with Gasteiger partial charge in [0.2, 0.25) is 0 Å². The molecule has 0 radical (unpaired) electrons. The molecule has 0 aliphatic carbocycles. The van der Waals surface area contributed by atoms with E-state index in [0.717, 1.165) is 6.54 Å². The predicted molar refractivity (Wildman–Crippen MR) is 60.6 cm³/mol. The second-order valence-electron chi connectivity index (χ2n) is 3.40. The highest BCUT2D eigenvalue weighted by Crippen LogP contribution is 2.22. The first-order valence-corrected chi connectivity index (χ1v) is 5.21. The molecule has 1 aromatic heterocycles. The van der Waals surface area contributed by atoms with Gasteiger partial charge in [-0.2, -0.15) is 0 Å². The molecule has 1 rings (SSSR count). The van der Waals surface area contributed by atoms with Crippen molar-refractivity contribution in [1.82, 2.24) is 9.97 Å². The number of rotatable bonds is 4. The third-order valence-electron chi connectivity index (χ3n) is 2.17. The summed E-state index contributed by atoms with van der Waals surface area (Å²) in [6, 6.07) is 0.264. The van der Waals surface area contributed by atoms with Gasteiger partial charge in [-0.1, -0.05) is 11.6 Å². The highest BCUT2D eigenvalue weighted by Gasteiger charge is 2.16. The summed E-state index contributed by atoms with van der Waals surface area (Å²) in [7, 11) is 0. The minimum absolute atomic E-state index is 0.203. The molecule has 82 valence electrons. The molecule has 0 saturated heterocycles. The standard InChI is InChI=1S/C10H14ClN3O/c1-4-14(7(2)3)10-8(5-15)9(11)12-6-13-10/h5-7H,4H2,1-3H3. The average molecular weight is 228 g/mol.